The molecule has 0 spiro atoms. The largest absolute Gasteiger partial charge is 0.350 e. The predicted molar refractivity (Wildman–Crippen MR) is 109 cm³/mol. The van der Waals surface area contributed by atoms with E-state index in [9.17, 15) is 9.59 Å². The second-order valence-corrected chi connectivity index (χ2v) is 7.90. The first-order valence-corrected chi connectivity index (χ1v) is 9.45. The van der Waals surface area contributed by atoms with Gasteiger partial charge in [-0.1, -0.05) is 60.7 Å². The quantitative estimate of drug-likeness (QED) is 0.814. The molecule has 2 aromatic carbocycles. The molecule has 1 unspecified atom stereocenters. The van der Waals surface area contributed by atoms with E-state index in [1.54, 1.807) is 11.8 Å². The first-order valence-electron chi connectivity index (χ1n) is 9.45. The highest BCUT2D eigenvalue weighted by Gasteiger charge is 2.27. The van der Waals surface area contributed by atoms with Crippen LogP contribution in [0.1, 0.15) is 38.8 Å². The van der Waals surface area contributed by atoms with Gasteiger partial charge in [0, 0.05) is 12.1 Å². The van der Waals surface area contributed by atoms with Crippen molar-refractivity contribution in [3.63, 3.8) is 0 Å². The van der Waals surface area contributed by atoms with Crippen molar-refractivity contribution >= 4 is 11.8 Å². The molecule has 2 rings (SSSR count). The Morgan fingerprint density at radius 3 is 1.96 bits per heavy atom. The highest BCUT2D eigenvalue weighted by Crippen LogP contribution is 2.11. The lowest BCUT2D eigenvalue weighted by atomic mass is 10.1. The first-order chi connectivity index (χ1) is 12.8. The molecule has 27 heavy (non-hydrogen) atoms. The van der Waals surface area contributed by atoms with E-state index >= 15 is 0 Å². The van der Waals surface area contributed by atoms with Crippen molar-refractivity contribution in [3.8, 4) is 0 Å². The van der Waals surface area contributed by atoms with Crippen LogP contribution in [-0.2, 0) is 22.4 Å². The number of benzene rings is 2. The van der Waals surface area contributed by atoms with Crippen LogP contribution in [0.5, 0.6) is 0 Å². The molecule has 0 bridgehead atoms. The van der Waals surface area contributed by atoms with E-state index in [1.807, 2.05) is 81.4 Å². The molecule has 0 saturated carbocycles. The standard InChI is InChI=1S/C23H30N2O2/c1-18(22(27)24-23(2,3)4)25(16-15-19-11-7-5-8-12-19)21(26)17-20-13-9-6-10-14-20/h5-14,18H,15-17H2,1-4H3,(H,24,27). The van der Waals surface area contributed by atoms with Crippen LogP contribution in [0.2, 0.25) is 0 Å². The van der Waals surface area contributed by atoms with Crippen molar-refractivity contribution in [3.05, 3.63) is 71.8 Å². The second-order valence-electron chi connectivity index (χ2n) is 7.90. The molecule has 0 heterocycles. The average Bonchev–Trinajstić information content (AvgIpc) is 2.62. The molecule has 1 N–H and O–H groups in total. The summed E-state index contributed by atoms with van der Waals surface area (Å²) in [5.41, 5.74) is 1.77. The summed E-state index contributed by atoms with van der Waals surface area (Å²) in [5, 5.41) is 2.98. The van der Waals surface area contributed by atoms with E-state index in [0.717, 1.165) is 11.1 Å². The van der Waals surface area contributed by atoms with E-state index in [2.05, 4.69) is 5.32 Å². The van der Waals surface area contributed by atoms with Gasteiger partial charge in [0.2, 0.25) is 11.8 Å². The zero-order chi connectivity index (χ0) is 19.9. The van der Waals surface area contributed by atoms with Crippen LogP contribution in [0.3, 0.4) is 0 Å². The molecule has 4 nitrogen and oxygen atoms in total. The van der Waals surface area contributed by atoms with Gasteiger partial charge in [-0.25, -0.2) is 0 Å². The Hall–Kier alpha value is -2.62. The Kier molecular flexibility index (Phi) is 7.17. The van der Waals surface area contributed by atoms with Crippen LogP contribution < -0.4 is 5.32 Å². The van der Waals surface area contributed by atoms with Crippen LogP contribution in [0.4, 0.5) is 0 Å². The summed E-state index contributed by atoms with van der Waals surface area (Å²) in [5.74, 6) is -0.161. The zero-order valence-corrected chi connectivity index (χ0v) is 16.7. The second kappa shape index (κ2) is 9.36. The number of carbonyl (C=O) groups excluding carboxylic acids is 2. The Morgan fingerprint density at radius 2 is 1.44 bits per heavy atom. The molecule has 2 aromatic rings. The van der Waals surface area contributed by atoms with E-state index in [-0.39, 0.29) is 17.4 Å². The monoisotopic (exact) mass is 366 g/mol. The highest BCUT2D eigenvalue weighted by atomic mass is 16.2. The van der Waals surface area contributed by atoms with E-state index in [4.69, 9.17) is 0 Å². The van der Waals surface area contributed by atoms with Crippen LogP contribution in [-0.4, -0.2) is 34.8 Å². The molecule has 1 atom stereocenters. The minimum absolute atomic E-state index is 0.0336. The molecular weight excluding hydrogens is 336 g/mol. The molecule has 0 fully saturated rings. The number of rotatable bonds is 7. The zero-order valence-electron chi connectivity index (χ0n) is 16.7. The maximum Gasteiger partial charge on any atom is 0.242 e. The summed E-state index contributed by atoms with van der Waals surface area (Å²) in [6, 6.07) is 19.2. The smallest absolute Gasteiger partial charge is 0.242 e. The molecule has 0 aliphatic rings. The summed E-state index contributed by atoms with van der Waals surface area (Å²) in [6.07, 6.45) is 1.01. The molecular formula is C23H30N2O2. The fraction of sp³-hybridized carbons (Fsp3) is 0.391. The summed E-state index contributed by atoms with van der Waals surface area (Å²) < 4.78 is 0. The molecule has 0 aliphatic carbocycles. The molecule has 144 valence electrons. The molecule has 2 amide bonds. The van der Waals surface area contributed by atoms with Gasteiger partial charge in [0.1, 0.15) is 6.04 Å². The lowest BCUT2D eigenvalue weighted by molar-refractivity contribution is -0.140. The van der Waals surface area contributed by atoms with Crippen molar-refractivity contribution in [1.82, 2.24) is 10.2 Å². The number of carbonyl (C=O) groups is 2. The van der Waals surface area contributed by atoms with Gasteiger partial charge >= 0.3 is 0 Å². The predicted octanol–water partition coefficient (Wildman–Crippen LogP) is 3.60. The first kappa shape index (κ1) is 20.7. The number of nitrogens with one attached hydrogen (secondary N) is 1. The van der Waals surface area contributed by atoms with Gasteiger partial charge in [-0.3, -0.25) is 9.59 Å². The van der Waals surface area contributed by atoms with E-state index in [0.29, 0.717) is 19.4 Å². The molecule has 0 aliphatic heterocycles. The summed E-state index contributed by atoms with van der Waals surface area (Å²) >= 11 is 0. The Morgan fingerprint density at radius 1 is 0.926 bits per heavy atom. The van der Waals surface area contributed by atoms with Crippen molar-refractivity contribution in [2.24, 2.45) is 0 Å². The van der Waals surface area contributed by atoms with Crippen molar-refractivity contribution in [2.75, 3.05) is 6.54 Å². The molecule has 4 heteroatoms. The van der Waals surface area contributed by atoms with Crippen LogP contribution in [0, 0.1) is 0 Å². The Labute approximate surface area is 162 Å². The van der Waals surface area contributed by atoms with Gasteiger partial charge in [0.25, 0.3) is 0 Å². The van der Waals surface area contributed by atoms with Crippen molar-refractivity contribution in [2.45, 2.75) is 52.1 Å². The van der Waals surface area contributed by atoms with Gasteiger partial charge in [-0.05, 0) is 45.2 Å². The fourth-order valence-corrected chi connectivity index (χ4v) is 2.92. The molecule has 0 saturated heterocycles. The van der Waals surface area contributed by atoms with E-state index in [1.165, 1.54) is 0 Å². The maximum absolute atomic E-state index is 13.0. The van der Waals surface area contributed by atoms with Gasteiger partial charge in [-0.15, -0.1) is 0 Å². The third-order valence-electron chi connectivity index (χ3n) is 4.35. The lowest BCUT2D eigenvalue weighted by Crippen LogP contribution is -2.53. The molecule has 0 radical (unpaired) electrons. The van der Waals surface area contributed by atoms with Gasteiger partial charge < -0.3 is 10.2 Å². The van der Waals surface area contributed by atoms with Crippen molar-refractivity contribution in [1.29, 1.82) is 0 Å². The van der Waals surface area contributed by atoms with Gasteiger partial charge in [-0.2, -0.15) is 0 Å². The Balaban J connectivity index is 2.13. The number of amides is 2. The number of hydrogen-bond acceptors (Lipinski definition) is 2. The van der Waals surface area contributed by atoms with Crippen LogP contribution in [0.15, 0.2) is 60.7 Å². The maximum atomic E-state index is 13.0. The van der Waals surface area contributed by atoms with Gasteiger partial charge in [0.15, 0.2) is 0 Å². The summed E-state index contributed by atoms with van der Waals surface area (Å²) in [4.78, 5) is 27.4. The normalized spacial score (nSPS) is 12.3. The number of hydrogen-bond donors (Lipinski definition) is 1. The number of nitrogens with zero attached hydrogens (tertiary/aromatic N) is 1. The minimum atomic E-state index is -0.524. The van der Waals surface area contributed by atoms with Crippen LogP contribution >= 0.6 is 0 Å². The molecule has 0 aromatic heterocycles. The third-order valence-corrected chi connectivity index (χ3v) is 4.35. The Bertz CT molecular complexity index is 736. The lowest BCUT2D eigenvalue weighted by Gasteiger charge is -2.31. The topological polar surface area (TPSA) is 49.4 Å². The fourth-order valence-electron chi connectivity index (χ4n) is 2.92. The summed E-state index contributed by atoms with van der Waals surface area (Å²) in [7, 11) is 0. The third kappa shape index (κ3) is 6.89. The van der Waals surface area contributed by atoms with Gasteiger partial charge in [0.05, 0.1) is 6.42 Å². The van der Waals surface area contributed by atoms with E-state index < -0.39 is 6.04 Å². The average molecular weight is 367 g/mol. The SMILES string of the molecule is CC(C(=O)NC(C)(C)C)N(CCc1ccccc1)C(=O)Cc1ccccc1. The minimum Gasteiger partial charge on any atom is -0.350 e. The van der Waals surface area contributed by atoms with Crippen molar-refractivity contribution < 1.29 is 9.59 Å². The van der Waals surface area contributed by atoms with Crippen LogP contribution in [0.25, 0.3) is 0 Å². The highest BCUT2D eigenvalue weighted by molar-refractivity contribution is 5.88. The summed E-state index contributed by atoms with van der Waals surface area (Å²) in [6.45, 7) is 8.14.